The molecule has 2 aromatic carbocycles. The van der Waals surface area contributed by atoms with Crippen molar-refractivity contribution in [3.05, 3.63) is 60.3 Å². The van der Waals surface area contributed by atoms with E-state index in [0.717, 1.165) is 54.6 Å². The molecule has 0 saturated carbocycles. The molecular weight excluding hydrogens is 442 g/mol. The molecule has 1 fully saturated rings. The van der Waals surface area contributed by atoms with Gasteiger partial charge in [0, 0.05) is 65.4 Å². The van der Waals surface area contributed by atoms with Gasteiger partial charge in [-0.2, -0.15) is 4.98 Å². The van der Waals surface area contributed by atoms with Crippen LogP contribution >= 0.6 is 11.9 Å². The van der Waals surface area contributed by atoms with E-state index in [4.69, 9.17) is 4.98 Å². The van der Waals surface area contributed by atoms with Crippen molar-refractivity contribution < 1.29 is 0 Å². The zero-order chi connectivity index (χ0) is 24.1. The molecule has 180 valence electrons. The maximum atomic E-state index is 4.72. The van der Waals surface area contributed by atoms with Crippen molar-refractivity contribution in [2.24, 2.45) is 0 Å². The Morgan fingerprint density at radius 3 is 2.29 bits per heavy atom. The summed E-state index contributed by atoms with van der Waals surface area (Å²) < 4.78 is 3.56. The van der Waals surface area contributed by atoms with Crippen LogP contribution in [0.3, 0.4) is 0 Å². The van der Waals surface area contributed by atoms with Gasteiger partial charge in [0.1, 0.15) is 5.82 Å². The first-order valence-corrected chi connectivity index (χ1v) is 12.5. The van der Waals surface area contributed by atoms with Gasteiger partial charge in [-0.05, 0) is 89.2 Å². The van der Waals surface area contributed by atoms with E-state index in [0.29, 0.717) is 5.95 Å². The van der Waals surface area contributed by atoms with Gasteiger partial charge in [-0.25, -0.2) is 4.98 Å². The lowest BCUT2D eigenvalue weighted by Gasteiger charge is -2.34. The molecule has 3 aromatic rings. The Labute approximate surface area is 207 Å². The Kier molecular flexibility index (Phi) is 7.48. The fraction of sp³-hybridized carbons (Fsp3) is 0.385. The van der Waals surface area contributed by atoms with Gasteiger partial charge in [-0.3, -0.25) is 0 Å². The number of aromatic nitrogens is 2. The van der Waals surface area contributed by atoms with E-state index in [1.165, 1.54) is 5.69 Å². The van der Waals surface area contributed by atoms with E-state index in [1.807, 2.05) is 25.3 Å². The molecule has 0 atom stereocenters. The van der Waals surface area contributed by atoms with Gasteiger partial charge >= 0.3 is 0 Å². The largest absolute Gasteiger partial charge is 0.369 e. The number of benzene rings is 2. The topological polar surface area (TPSA) is 68.4 Å². The number of hydrogen-bond acceptors (Lipinski definition) is 8. The molecule has 2 heterocycles. The third-order valence-corrected chi connectivity index (χ3v) is 6.51. The minimum Gasteiger partial charge on any atom is -0.369 e. The van der Waals surface area contributed by atoms with Gasteiger partial charge in [0.05, 0.1) is 0 Å². The first kappa shape index (κ1) is 24.2. The Bertz CT molecular complexity index is 1090. The standard InChI is InChI=1S/C26H35N7S/c1-19-18-27-25(29-20-9-11-23(12-10-20)33-15-13-32(5)14-16-33)30-24(19)28-21-7-6-8-22(17-21)31-34-26(2,3)4/h6-12,17-18,31H,13-16H2,1-5H3,(H2,27,28,29,30). The van der Waals surface area contributed by atoms with Crippen LogP contribution in [0.5, 0.6) is 0 Å². The lowest BCUT2D eigenvalue weighted by atomic mass is 10.2. The van der Waals surface area contributed by atoms with E-state index in [9.17, 15) is 0 Å². The highest BCUT2D eigenvalue weighted by atomic mass is 32.2. The number of hydrogen-bond donors (Lipinski definition) is 3. The number of nitrogens with zero attached hydrogens (tertiary/aromatic N) is 4. The summed E-state index contributed by atoms with van der Waals surface area (Å²) in [6.07, 6.45) is 1.84. The van der Waals surface area contributed by atoms with Crippen LogP contribution in [0.4, 0.5) is 34.5 Å². The molecule has 4 rings (SSSR count). The van der Waals surface area contributed by atoms with Crippen LogP contribution < -0.4 is 20.3 Å². The molecule has 1 saturated heterocycles. The Morgan fingerprint density at radius 1 is 0.882 bits per heavy atom. The van der Waals surface area contributed by atoms with E-state index in [2.05, 4.69) is 94.4 Å². The molecule has 0 amide bonds. The van der Waals surface area contributed by atoms with Crippen molar-refractivity contribution in [3.63, 3.8) is 0 Å². The quantitative estimate of drug-likeness (QED) is 0.364. The van der Waals surface area contributed by atoms with Crippen molar-refractivity contribution in [1.82, 2.24) is 14.9 Å². The summed E-state index contributed by atoms with van der Waals surface area (Å²) in [4.78, 5) is 14.0. The van der Waals surface area contributed by atoms with Gasteiger partial charge in [-0.1, -0.05) is 6.07 Å². The molecule has 1 aliphatic heterocycles. The maximum absolute atomic E-state index is 4.72. The average molecular weight is 478 g/mol. The third-order valence-electron chi connectivity index (χ3n) is 5.56. The highest BCUT2D eigenvalue weighted by Gasteiger charge is 2.14. The normalized spacial score (nSPS) is 14.7. The number of aryl methyl sites for hydroxylation is 1. The molecular formula is C26H35N7S. The first-order valence-electron chi connectivity index (χ1n) is 11.7. The SMILES string of the molecule is Cc1cnc(Nc2ccc(N3CCN(C)CC3)cc2)nc1Nc1cccc(NSC(C)(C)C)c1. The second-order valence-corrected chi connectivity index (χ2v) is 11.3. The Hall–Kier alpha value is -2.97. The maximum Gasteiger partial charge on any atom is 0.229 e. The zero-order valence-corrected chi connectivity index (χ0v) is 21.5. The summed E-state index contributed by atoms with van der Waals surface area (Å²) in [6.45, 7) is 12.9. The Balaban J connectivity index is 1.41. The fourth-order valence-electron chi connectivity index (χ4n) is 3.59. The van der Waals surface area contributed by atoms with E-state index < -0.39 is 0 Å². The van der Waals surface area contributed by atoms with Gasteiger partial charge < -0.3 is 25.2 Å². The summed E-state index contributed by atoms with van der Waals surface area (Å²) in [5.74, 6) is 1.35. The molecule has 1 aromatic heterocycles. The highest BCUT2D eigenvalue weighted by molar-refractivity contribution is 8.01. The van der Waals surface area contributed by atoms with Crippen molar-refractivity contribution in [3.8, 4) is 0 Å². The summed E-state index contributed by atoms with van der Waals surface area (Å²) in [5, 5.41) is 6.78. The average Bonchev–Trinajstić information content (AvgIpc) is 2.81. The lowest BCUT2D eigenvalue weighted by Crippen LogP contribution is -2.44. The van der Waals surface area contributed by atoms with Crippen LogP contribution in [0, 0.1) is 6.92 Å². The summed E-state index contributed by atoms with van der Waals surface area (Å²) >= 11 is 1.70. The van der Waals surface area contributed by atoms with Crippen molar-refractivity contribution in [2.45, 2.75) is 32.4 Å². The fourth-order valence-corrected chi connectivity index (χ4v) is 4.14. The zero-order valence-electron chi connectivity index (χ0n) is 20.7. The van der Waals surface area contributed by atoms with E-state index in [-0.39, 0.29) is 4.75 Å². The van der Waals surface area contributed by atoms with Crippen LogP contribution in [0.25, 0.3) is 0 Å². The molecule has 0 bridgehead atoms. The number of rotatable bonds is 7. The van der Waals surface area contributed by atoms with Crippen LogP contribution in [-0.4, -0.2) is 52.8 Å². The van der Waals surface area contributed by atoms with E-state index in [1.54, 1.807) is 11.9 Å². The minimum atomic E-state index is 0.135. The van der Waals surface area contributed by atoms with E-state index >= 15 is 0 Å². The summed E-state index contributed by atoms with van der Waals surface area (Å²) in [6, 6.07) is 16.7. The second-order valence-electron chi connectivity index (χ2n) is 9.71. The second kappa shape index (κ2) is 10.5. The van der Waals surface area contributed by atoms with Crippen LogP contribution in [0.2, 0.25) is 0 Å². The van der Waals surface area contributed by atoms with Gasteiger partial charge in [0.2, 0.25) is 5.95 Å². The van der Waals surface area contributed by atoms with Crippen LogP contribution in [0.1, 0.15) is 26.3 Å². The molecule has 34 heavy (non-hydrogen) atoms. The molecule has 7 nitrogen and oxygen atoms in total. The first-order chi connectivity index (χ1) is 16.2. The molecule has 0 aliphatic carbocycles. The molecule has 0 spiro atoms. The number of anilines is 6. The third kappa shape index (κ3) is 6.77. The van der Waals surface area contributed by atoms with Gasteiger partial charge in [0.15, 0.2) is 0 Å². The number of piperazine rings is 1. The summed E-state index contributed by atoms with van der Waals surface area (Å²) in [5.41, 5.74) is 5.24. The van der Waals surface area contributed by atoms with Crippen LogP contribution in [-0.2, 0) is 0 Å². The predicted molar refractivity (Wildman–Crippen MR) is 147 cm³/mol. The summed E-state index contributed by atoms with van der Waals surface area (Å²) in [7, 11) is 2.18. The van der Waals surface area contributed by atoms with Gasteiger partial charge in [-0.15, -0.1) is 0 Å². The predicted octanol–water partition coefficient (Wildman–Crippen LogP) is 5.88. The number of nitrogens with one attached hydrogen (secondary N) is 3. The molecule has 0 radical (unpaired) electrons. The number of likely N-dealkylation sites (N-methyl/N-ethyl adjacent to an activating group) is 1. The van der Waals surface area contributed by atoms with Gasteiger partial charge in [0.25, 0.3) is 0 Å². The van der Waals surface area contributed by atoms with Crippen molar-refractivity contribution in [1.29, 1.82) is 0 Å². The smallest absolute Gasteiger partial charge is 0.229 e. The van der Waals surface area contributed by atoms with Crippen LogP contribution in [0.15, 0.2) is 54.7 Å². The molecule has 0 unspecified atom stereocenters. The van der Waals surface area contributed by atoms with Crippen molar-refractivity contribution >= 4 is 46.5 Å². The minimum absolute atomic E-state index is 0.135. The Morgan fingerprint density at radius 2 is 1.59 bits per heavy atom. The lowest BCUT2D eigenvalue weighted by molar-refractivity contribution is 0.313. The van der Waals surface area contributed by atoms with Crippen molar-refractivity contribution in [2.75, 3.05) is 53.5 Å². The molecule has 8 heteroatoms. The monoisotopic (exact) mass is 477 g/mol. The molecule has 1 aliphatic rings. The molecule has 3 N–H and O–H groups in total. The highest BCUT2D eigenvalue weighted by Crippen LogP contribution is 2.28.